The van der Waals surface area contributed by atoms with Gasteiger partial charge in [0.15, 0.2) is 0 Å². The molecular weight excluding hydrogens is 383 g/mol. The van der Waals surface area contributed by atoms with Gasteiger partial charge in [0.05, 0.1) is 0 Å². The van der Waals surface area contributed by atoms with Crippen LogP contribution < -0.4 is 0 Å². The molecule has 0 heterocycles. The van der Waals surface area contributed by atoms with Gasteiger partial charge in [-0.1, -0.05) is 119 Å². The molecule has 0 bridgehead atoms. The van der Waals surface area contributed by atoms with Crippen LogP contribution in [-0.2, 0) is 0 Å². The molecule has 0 aromatic carbocycles. The van der Waals surface area contributed by atoms with E-state index < -0.39 is 0 Å². The van der Waals surface area contributed by atoms with Gasteiger partial charge in [0.1, 0.15) is 0 Å². The van der Waals surface area contributed by atoms with Crippen molar-refractivity contribution in [3.8, 4) is 0 Å². The van der Waals surface area contributed by atoms with Crippen molar-refractivity contribution in [2.24, 2.45) is 10.8 Å². The van der Waals surface area contributed by atoms with E-state index in [4.69, 9.17) is 23.2 Å². The predicted octanol–water partition coefficient (Wildman–Crippen LogP) is 10.5. The Hall–Kier alpha value is 0.580. The first-order valence-corrected chi connectivity index (χ1v) is 13.3. The van der Waals surface area contributed by atoms with Gasteiger partial charge in [0.2, 0.25) is 0 Å². The van der Waals surface area contributed by atoms with E-state index in [0.717, 1.165) is 12.8 Å². The van der Waals surface area contributed by atoms with Crippen molar-refractivity contribution in [1.29, 1.82) is 0 Å². The van der Waals surface area contributed by atoms with Gasteiger partial charge >= 0.3 is 0 Å². The van der Waals surface area contributed by atoms with Crippen molar-refractivity contribution in [2.75, 3.05) is 0 Å². The highest BCUT2D eigenvalue weighted by Gasteiger charge is 2.33. The van der Waals surface area contributed by atoms with Crippen LogP contribution in [0.3, 0.4) is 0 Å². The van der Waals surface area contributed by atoms with Crippen LogP contribution in [0.2, 0.25) is 0 Å². The fourth-order valence-electron chi connectivity index (χ4n) is 3.95. The standard InChI is InChI=1S/C26H52Cl2/c1-7-9-11-13-15-17-19-23(27)25(3,4)21-22-26(5,6)24(28)20-18-16-14-12-10-8-2/h23-24H,7-22H2,1-6H3. The Bertz CT molecular complexity index is 314. The van der Waals surface area contributed by atoms with Crippen LogP contribution in [0.5, 0.6) is 0 Å². The normalized spacial score (nSPS) is 15.0. The molecule has 0 aliphatic heterocycles. The maximum absolute atomic E-state index is 6.83. The molecule has 2 unspecified atom stereocenters. The van der Waals surface area contributed by atoms with E-state index in [1.165, 1.54) is 89.9 Å². The van der Waals surface area contributed by atoms with E-state index in [9.17, 15) is 0 Å². The van der Waals surface area contributed by atoms with Gasteiger partial charge in [-0.05, 0) is 36.5 Å². The minimum Gasteiger partial charge on any atom is -0.122 e. The molecular formula is C26H52Cl2. The molecule has 0 amide bonds. The summed E-state index contributed by atoms with van der Waals surface area (Å²) in [5.41, 5.74) is 0.387. The first kappa shape index (κ1) is 28.6. The fraction of sp³-hybridized carbons (Fsp3) is 1.00. The topological polar surface area (TPSA) is 0 Å². The molecule has 28 heavy (non-hydrogen) atoms. The van der Waals surface area contributed by atoms with E-state index in [-0.39, 0.29) is 21.6 Å². The van der Waals surface area contributed by atoms with Crippen LogP contribution in [-0.4, -0.2) is 10.8 Å². The lowest BCUT2D eigenvalue weighted by molar-refractivity contribution is 0.215. The van der Waals surface area contributed by atoms with E-state index in [1.807, 2.05) is 0 Å². The van der Waals surface area contributed by atoms with Gasteiger partial charge < -0.3 is 0 Å². The van der Waals surface area contributed by atoms with Gasteiger partial charge in [0, 0.05) is 10.8 Å². The van der Waals surface area contributed by atoms with Crippen molar-refractivity contribution in [3.63, 3.8) is 0 Å². The lowest BCUT2D eigenvalue weighted by Crippen LogP contribution is -2.30. The van der Waals surface area contributed by atoms with Gasteiger partial charge in [0.25, 0.3) is 0 Å². The van der Waals surface area contributed by atoms with Crippen LogP contribution >= 0.6 is 23.2 Å². The first-order chi connectivity index (χ1) is 13.2. The molecule has 0 N–H and O–H groups in total. The quantitative estimate of drug-likeness (QED) is 0.140. The summed E-state index contributed by atoms with van der Waals surface area (Å²) in [5.74, 6) is 0. The maximum atomic E-state index is 6.83. The van der Waals surface area contributed by atoms with Crippen molar-refractivity contribution < 1.29 is 0 Å². The Morgan fingerprint density at radius 2 is 0.786 bits per heavy atom. The zero-order valence-electron chi connectivity index (χ0n) is 20.2. The van der Waals surface area contributed by atoms with Gasteiger partial charge in [-0.3, -0.25) is 0 Å². The first-order valence-electron chi connectivity index (χ1n) is 12.5. The van der Waals surface area contributed by atoms with Crippen molar-refractivity contribution >= 4 is 23.2 Å². The van der Waals surface area contributed by atoms with Crippen molar-refractivity contribution in [1.82, 2.24) is 0 Å². The minimum atomic E-state index is 0.193. The number of unbranched alkanes of at least 4 members (excludes halogenated alkanes) is 10. The Kier molecular flexibility index (Phi) is 16.6. The third-order valence-electron chi connectivity index (χ3n) is 6.73. The molecule has 2 heteroatoms. The summed E-state index contributed by atoms with van der Waals surface area (Å²) in [6.07, 6.45) is 20.8. The largest absolute Gasteiger partial charge is 0.122 e. The smallest absolute Gasteiger partial charge is 0.0387 e. The van der Waals surface area contributed by atoms with Gasteiger partial charge in [-0.25, -0.2) is 0 Å². The molecule has 0 saturated carbocycles. The van der Waals surface area contributed by atoms with Gasteiger partial charge in [-0.2, -0.15) is 0 Å². The molecule has 0 saturated heterocycles. The summed E-state index contributed by atoms with van der Waals surface area (Å²) in [4.78, 5) is 0. The average Bonchev–Trinajstić information content (AvgIpc) is 2.65. The highest BCUT2D eigenvalue weighted by atomic mass is 35.5. The second kappa shape index (κ2) is 16.3. The Morgan fingerprint density at radius 1 is 0.500 bits per heavy atom. The van der Waals surface area contributed by atoms with Crippen LogP contribution in [0.25, 0.3) is 0 Å². The molecule has 170 valence electrons. The monoisotopic (exact) mass is 434 g/mol. The molecule has 0 aromatic rings. The summed E-state index contributed by atoms with van der Waals surface area (Å²) in [6.45, 7) is 14.0. The molecule has 0 radical (unpaired) electrons. The van der Waals surface area contributed by atoms with Crippen LogP contribution in [0.15, 0.2) is 0 Å². The average molecular weight is 436 g/mol. The minimum absolute atomic E-state index is 0.193. The van der Waals surface area contributed by atoms with E-state index in [0.29, 0.717) is 0 Å². The second-order valence-corrected chi connectivity index (χ2v) is 11.6. The Morgan fingerprint density at radius 3 is 1.11 bits per heavy atom. The number of halogens is 2. The highest BCUT2D eigenvalue weighted by Crippen LogP contribution is 2.41. The third-order valence-corrected chi connectivity index (χ3v) is 8.35. The van der Waals surface area contributed by atoms with Crippen LogP contribution in [0, 0.1) is 10.8 Å². The second-order valence-electron chi connectivity index (χ2n) is 10.5. The lowest BCUT2D eigenvalue weighted by atomic mass is 9.74. The maximum Gasteiger partial charge on any atom is 0.0387 e. The van der Waals surface area contributed by atoms with E-state index in [1.54, 1.807) is 0 Å². The number of hydrogen-bond donors (Lipinski definition) is 0. The van der Waals surface area contributed by atoms with E-state index >= 15 is 0 Å². The lowest BCUT2D eigenvalue weighted by Gasteiger charge is -2.36. The fourth-order valence-corrected chi connectivity index (χ4v) is 4.47. The molecule has 0 spiro atoms. The summed E-state index contributed by atoms with van der Waals surface area (Å²) in [7, 11) is 0. The molecule has 0 rings (SSSR count). The van der Waals surface area contributed by atoms with Crippen molar-refractivity contribution in [3.05, 3.63) is 0 Å². The Balaban J connectivity index is 4.12. The molecule has 0 aliphatic carbocycles. The Labute approximate surface area is 188 Å². The van der Waals surface area contributed by atoms with E-state index in [2.05, 4.69) is 41.5 Å². The molecule has 0 aromatic heterocycles. The van der Waals surface area contributed by atoms with Gasteiger partial charge in [-0.15, -0.1) is 23.2 Å². The summed E-state index contributed by atoms with van der Waals surface area (Å²) in [6, 6.07) is 0. The molecule has 0 fully saturated rings. The molecule has 0 nitrogen and oxygen atoms in total. The SMILES string of the molecule is CCCCCCCCC(Cl)C(C)(C)CCC(C)(C)C(Cl)CCCCCCCC. The number of hydrogen-bond acceptors (Lipinski definition) is 0. The van der Waals surface area contributed by atoms with Crippen LogP contribution in [0.4, 0.5) is 0 Å². The third kappa shape index (κ3) is 13.7. The number of rotatable bonds is 19. The van der Waals surface area contributed by atoms with Crippen LogP contribution in [0.1, 0.15) is 144 Å². The molecule has 0 aliphatic rings. The predicted molar refractivity (Wildman–Crippen MR) is 132 cm³/mol. The molecule has 2 atom stereocenters. The van der Waals surface area contributed by atoms with Crippen molar-refractivity contribution in [2.45, 2.75) is 155 Å². The summed E-state index contributed by atoms with van der Waals surface area (Å²) in [5, 5.41) is 0.559. The zero-order valence-corrected chi connectivity index (χ0v) is 21.7. The zero-order chi connectivity index (χ0) is 21.5. The highest BCUT2D eigenvalue weighted by molar-refractivity contribution is 6.21. The number of alkyl halides is 2. The summed E-state index contributed by atoms with van der Waals surface area (Å²) < 4.78 is 0. The summed E-state index contributed by atoms with van der Waals surface area (Å²) >= 11 is 13.7.